The molecular weight excluding hydrogens is 532 g/mol. The normalized spacial score (nSPS) is 24.0. The fraction of sp³-hybridized carbons (Fsp3) is 0.545. The van der Waals surface area contributed by atoms with Crippen LogP contribution >= 0.6 is 0 Å². The van der Waals surface area contributed by atoms with Crippen molar-refractivity contribution in [2.45, 2.75) is 69.5 Å². The molecule has 2 aliphatic carbocycles. The number of piperidine rings is 1. The molecule has 3 aliphatic rings. The number of ether oxygens (including phenoxy) is 2. The summed E-state index contributed by atoms with van der Waals surface area (Å²) in [4.78, 5) is 45.1. The molecule has 5 rings (SSSR count). The molecule has 1 unspecified atom stereocenters. The Morgan fingerprint density at radius 1 is 0.857 bits per heavy atom. The van der Waals surface area contributed by atoms with E-state index in [0.717, 1.165) is 45.1 Å². The Kier molecular flexibility index (Phi) is 9.67. The third-order valence-electron chi connectivity index (χ3n) is 9.20. The molecule has 0 spiro atoms. The molecule has 2 saturated carbocycles. The average molecular weight is 577 g/mol. The van der Waals surface area contributed by atoms with Crippen molar-refractivity contribution in [1.29, 1.82) is 0 Å². The number of likely N-dealkylation sites (tertiary alicyclic amines) is 1. The lowest BCUT2D eigenvalue weighted by Gasteiger charge is -2.43. The van der Waals surface area contributed by atoms with E-state index in [1.165, 1.54) is 0 Å². The number of methoxy groups -OCH3 is 2. The molecule has 2 aromatic carbocycles. The third-order valence-corrected chi connectivity index (χ3v) is 9.20. The highest BCUT2D eigenvalue weighted by Gasteiger charge is 2.44. The van der Waals surface area contributed by atoms with Gasteiger partial charge >= 0.3 is 0 Å². The molecule has 3 fully saturated rings. The minimum Gasteiger partial charge on any atom is -0.497 e. The second-order valence-electron chi connectivity index (χ2n) is 12.0. The standard InChI is InChI=1S/C33H44N4O5/c1-41-28-7-3-5-24(17-28)32(39)36-16-15-27(19-30(36)31(38)35-21-23-11-9-22(20-34)10-12-23)37(26-13-14-26)33(40)25-6-4-8-29(18-25)42-2/h3-8,17-18,22-23,26-27,30H,9-16,19-21,34H2,1-2H3,(H,35,38)/t22?,23?,27?,30-/m1/s1. The van der Waals surface area contributed by atoms with Gasteiger partial charge in [0.1, 0.15) is 17.5 Å². The maximum Gasteiger partial charge on any atom is 0.254 e. The largest absolute Gasteiger partial charge is 0.497 e. The Balaban J connectivity index is 1.35. The third kappa shape index (κ3) is 6.89. The Bertz CT molecular complexity index is 1260. The van der Waals surface area contributed by atoms with Crippen molar-refractivity contribution in [1.82, 2.24) is 15.1 Å². The molecule has 0 radical (unpaired) electrons. The highest BCUT2D eigenvalue weighted by molar-refractivity contribution is 5.98. The van der Waals surface area contributed by atoms with E-state index in [0.29, 0.717) is 60.4 Å². The Morgan fingerprint density at radius 3 is 2.10 bits per heavy atom. The summed E-state index contributed by atoms with van der Waals surface area (Å²) in [5.74, 6) is 1.81. The first-order valence-electron chi connectivity index (χ1n) is 15.3. The van der Waals surface area contributed by atoms with Crippen molar-refractivity contribution in [3.63, 3.8) is 0 Å². The van der Waals surface area contributed by atoms with Crippen LogP contribution in [0.15, 0.2) is 48.5 Å². The number of nitrogens with two attached hydrogens (primary N) is 1. The lowest BCUT2D eigenvalue weighted by atomic mass is 9.82. The van der Waals surface area contributed by atoms with E-state index in [9.17, 15) is 14.4 Å². The quantitative estimate of drug-likeness (QED) is 0.444. The summed E-state index contributed by atoms with van der Waals surface area (Å²) in [5, 5.41) is 3.19. The van der Waals surface area contributed by atoms with Crippen molar-refractivity contribution >= 4 is 17.7 Å². The average Bonchev–Trinajstić information content (AvgIpc) is 3.88. The van der Waals surface area contributed by atoms with Crippen LogP contribution < -0.4 is 20.5 Å². The van der Waals surface area contributed by atoms with Crippen LogP contribution in [0.2, 0.25) is 0 Å². The number of nitrogens with zero attached hydrogens (tertiary/aromatic N) is 2. The van der Waals surface area contributed by atoms with Crippen LogP contribution in [0.25, 0.3) is 0 Å². The number of amides is 3. The van der Waals surface area contributed by atoms with Gasteiger partial charge in [0.25, 0.3) is 11.8 Å². The van der Waals surface area contributed by atoms with Gasteiger partial charge in [0.2, 0.25) is 5.91 Å². The van der Waals surface area contributed by atoms with E-state index in [2.05, 4.69) is 5.32 Å². The topological polar surface area (TPSA) is 114 Å². The second-order valence-corrected chi connectivity index (χ2v) is 12.0. The van der Waals surface area contributed by atoms with Gasteiger partial charge in [0.05, 0.1) is 14.2 Å². The lowest BCUT2D eigenvalue weighted by Crippen LogP contribution is -2.58. The smallest absolute Gasteiger partial charge is 0.254 e. The molecule has 0 bridgehead atoms. The van der Waals surface area contributed by atoms with Crippen molar-refractivity contribution in [2.24, 2.45) is 17.6 Å². The van der Waals surface area contributed by atoms with Gasteiger partial charge in [-0.25, -0.2) is 0 Å². The monoisotopic (exact) mass is 576 g/mol. The van der Waals surface area contributed by atoms with Gasteiger partial charge in [0, 0.05) is 36.3 Å². The molecule has 2 atom stereocenters. The van der Waals surface area contributed by atoms with Crippen LogP contribution in [-0.4, -0.2) is 79.5 Å². The van der Waals surface area contributed by atoms with Crippen molar-refractivity contribution in [3.05, 3.63) is 59.7 Å². The molecule has 2 aromatic rings. The summed E-state index contributed by atoms with van der Waals surface area (Å²) in [7, 11) is 3.16. The SMILES string of the molecule is COc1cccc(C(=O)N(C2CC2)C2CCN(C(=O)c3cccc(OC)c3)[C@@H](C(=O)NCC3CCC(CN)CC3)C2)c1. The van der Waals surface area contributed by atoms with Crippen LogP contribution in [0.1, 0.15) is 72.1 Å². The van der Waals surface area contributed by atoms with Gasteiger partial charge in [-0.1, -0.05) is 12.1 Å². The predicted molar refractivity (Wildman–Crippen MR) is 161 cm³/mol. The summed E-state index contributed by atoms with van der Waals surface area (Å²) in [6.07, 6.45) is 7.17. The summed E-state index contributed by atoms with van der Waals surface area (Å²) >= 11 is 0. The Hall–Kier alpha value is -3.59. The van der Waals surface area contributed by atoms with Crippen LogP contribution in [0.4, 0.5) is 0 Å². The van der Waals surface area contributed by atoms with Gasteiger partial charge in [-0.3, -0.25) is 14.4 Å². The van der Waals surface area contributed by atoms with Crippen molar-refractivity contribution < 1.29 is 23.9 Å². The summed E-state index contributed by atoms with van der Waals surface area (Å²) in [6.45, 7) is 1.69. The molecule has 1 heterocycles. The number of carbonyl (C=O) groups excluding carboxylic acids is 3. The van der Waals surface area contributed by atoms with Gasteiger partial charge < -0.3 is 30.3 Å². The molecule has 9 nitrogen and oxygen atoms in total. The number of benzene rings is 2. The number of rotatable bonds is 10. The van der Waals surface area contributed by atoms with Gasteiger partial charge in [-0.15, -0.1) is 0 Å². The van der Waals surface area contributed by atoms with E-state index in [4.69, 9.17) is 15.2 Å². The lowest BCUT2D eigenvalue weighted by molar-refractivity contribution is -0.127. The van der Waals surface area contributed by atoms with Crippen LogP contribution in [0.5, 0.6) is 11.5 Å². The maximum atomic E-state index is 13.8. The van der Waals surface area contributed by atoms with Crippen LogP contribution in [0, 0.1) is 11.8 Å². The Morgan fingerprint density at radius 2 is 1.48 bits per heavy atom. The first-order chi connectivity index (χ1) is 20.4. The van der Waals surface area contributed by atoms with E-state index in [1.807, 2.05) is 23.1 Å². The van der Waals surface area contributed by atoms with Crippen molar-refractivity contribution in [3.8, 4) is 11.5 Å². The van der Waals surface area contributed by atoms with E-state index < -0.39 is 6.04 Å². The molecule has 42 heavy (non-hydrogen) atoms. The molecular formula is C33H44N4O5. The van der Waals surface area contributed by atoms with Gasteiger partial charge in [-0.05, 0) is 106 Å². The summed E-state index contributed by atoms with van der Waals surface area (Å²) < 4.78 is 10.7. The first kappa shape index (κ1) is 29.9. The van der Waals surface area contributed by atoms with E-state index in [-0.39, 0.29) is 29.8 Å². The first-order valence-corrected chi connectivity index (χ1v) is 15.3. The number of hydrogen-bond donors (Lipinski definition) is 2. The van der Waals surface area contributed by atoms with Crippen molar-refractivity contribution in [2.75, 3.05) is 33.9 Å². The number of nitrogens with one attached hydrogen (secondary N) is 1. The fourth-order valence-electron chi connectivity index (χ4n) is 6.53. The highest BCUT2D eigenvalue weighted by Crippen LogP contribution is 2.36. The molecule has 1 saturated heterocycles. The summed E-state index contributed by atoms with van der Waals surface area (Å²) in [6, 6.07) is 13.6. The minimum absolute atomic E-state index is 0.0511. The zero-order valence-electron chi connectivity index (χ0n) is 24.8. The molecule has 226 valence electrons. The molecule has 0 aromatic heterocycles. The Labute approximate surface area is 248 Å². The minimum atomic E-state index is -0.679. The molecule has 1 aliphatic heterocycles. The second kappa shape index (κ2) is 13.6. The van der Waals surface area contributed by atoms with Crippen LogP contribution in [-0.2, 0) is 4.79 Å². The molecule has 3 N–H and O–H groups in total. The van der Waals surface area contributed by atoms with E-state index in [1.54, 1.807) is 49.5 Å². The van der Waals surface area contributed by atoms with Crippen LogP contribution in [0.3, 0.4) is 0 Å². The number of hydrogen-bond acceptors (Lipinski definition) is 6. The predicted octanol–water partition coefficient (Wildman–Crippen LogP) is 3.86. The fourth-order valence-corrected chi connectivity index (χ4v) is 6.53. The summed E-state index contributed by atoms with van der Waals surface area (Å²) in [5.41, 5.74) is 6.92. The molecule has 9 heteroatoms. The number of carbonyl (C=O) groups is 3. The van der Waals surface area contributed by atoms with Gasteiger partial charge in [-0.2, -0.15) is 0 Å². The highest BCUT2D eigenvalue weighted by atomic mass is 16.5. The maximum absolute atomic E-state index is 13.8. The molecule has 3 amide bonds. The van der Waals surface area contributed by atoms with Gasteiger partial charge in [0.15, 0.2) is 0 Å². The zero-order valence-corrected chi connectivity index (χ0v) is 24.8. The zero-order chi connectivity index (χ0) is 29.6. The van der Waals surface area contributed by atoms with E-state index >= 15 is 0 Å².